The van der Waals surface area contributed by atoms with Gasteiger partial charge in [-0.05, 0) is 18.2 Å². The molecule has 0 aliphatic carbocycles. The Kier molecular flexibility index (Phi) is 3.62. The van der Waals surface area contributed by atoms with Crippen molar-refractivity contribution in [3.05, 3.63) is 29.3 Å². The van der Waals surface area contributed by atoms with Gasteiger partial charge in [-0.25, -0.2) is 13.1 Å². The van der Waals surface area contributed by atoms with E-state index in [0.29, 0.717) is 0 Å². The summed E-state index contributed by atoms with van der Waals surface area (Å²) >= 11 is 0. The van der Waals surface area contributed by atoms with Crippen molar-refractivity contribution < 1.29 is 8.42 Å². The largest absolute Gasteiger partial charge is 0.240 e. The lowest BCUT2D eigenvalue weighted by Crippen LogP contribution is -2.23. The number of hydrogen-bond acceptors (Lipinski definition) is 4. The molecule has 0 spiro atoms. The number of benzene rings is 1. The second-order valence-electron chi connectivity index (χ2n) is 2.93. The predicted molar refractivity (Wildman–Crippen MR) is 56.7 cm³/mol. The van der Waals surface area contributed by atoms with E-state index in [4.69, 9.17) is 10.5 Å². The van der Waals surface area contributed by atoms with Gasteiger partial charge in [-0.15, -0.1) is 0 Å². The maximum absolute atomic E-state index is 11.6. The van der Waals surface area contributed by atoms with Crippen LogP contribution in [-0.4, -0.2) is 15.0 Å². The van der Waals surface area contributed by atoms with Crippen molar-refractivity contribution in [3.63, 3.8) is 0 Å². The second kappa shape index (κ2) is 4.75. The molecule has 1 N–H and O–H groups in total. The number of nitrogens with one attached hydrogen (secondary N) is 1. The van der Waals surface area contributed by atoms with Crippen LogP contribution in [0, 0.1) is 22.7 Å². The van der Waals surface area contributed by atoms with Crippen LogP contribution in [0.15, 0.2) is 23.1 Å². The normalized spacial score (nSPS) is 10.4. The first-order valence-electron chi connectivity index (χ1n) is 4.49. The van der Waals surface area contributed by atoms with Gasteiger partial charge in [-0.1, -0.05) is 6.92 Å². The van der Waals surface area contributed by atoms with Crippen LogP contribution >= 0.6 is 0 Å². The third-order valence-electron chi connectivity index (χ3n) is 1.88. The van der Waals surface area contributed by atoms with E-state index in [1.54, 1.807) is 13.0 Å². The molecule has 0 saturated carbocycles. The highest BCUT2D eigenvalue weighted by Crippen LogP contribution is 2.14. The Bertz CT molecular complexity index is 579. The summed E-state index contributed by atoms with van der Waals surface area (Å²) in [6.07, 6.45) is 0. The summed E-state index contributed by atoms with van der Waals surface area (Å²) in [5.41, 5.74) is 0.222. The number of rotatable bonds is 3. The summed E-state index contributed by atoms with van der Waals surface area (Å²) in [4.78, 5) is -0.00935. The van der Waals surface area contributed by atoms with Crippen molar-refractivity contribution in [2.24, 2.45) is 0 Å². The molecule has 0 bridgehead atoms. The van der Waals surface area contributed by atoms with Crippen LogP contribution in [0.1, 0.15) is 18.1 Å². The molecule has 1 aromatic rings. The number of nitrogens with zero attached hydrogens (tertiary/aromatic N) is 2. The standard InChI is InChI=1S/C10H9N3O2S/c1-2-13-16(14,15)10-4-3-8(6-11)9(5-10)7-12/h3-5,13H,2H2,1H3. The quantitative estimate of drug-likeness (QED) is 0.835. The minimum atomic E-state index is -3.58. The molecule has 16 heavy (non-hydrogen) atoms. The Balaban J connectivity index is 3.32. The van der Waals surface area contributed by atoms with Crippen LogP contribution in [0.5, 0.6) is 0 Å². The van der Waals surface area contributed by atoms with E-state index >= 15 is 0 Å². The van der Waals surface area contributed by atoms with Gasteiger partial charge in [0.25, 0.3) is 0 Å². The number of sulfonamides is 1. The summed E-state index contributed by atoms with van der Waals surface area (Å²) in [7, 11) is -3.58. The first kappa shape index (κ1) is 12.2. The van der Waals surface area contributed by atoms with E-state index in [1.165, 1.54) is 18.2 Å². The fraction of sp³-hybridized carbons (Fsp3) is 0.200. The van der Waals surface area contributed by atoms with Crippen molar-refractivity contribution in [1.29, 1.82) is 10.5 Å². The van der Waals surface area contributed by atoms with Crippen molar-refractivity contribution in [2.75, 3.05) is 6.54 Å². The average Bonchev–Trinajstić information content (AvgIpc) is 2.28. The molecule has 0 fully saturated rings. The van der Waals surface area contributed by atoms with Crippen LogP contribution in [0.3, 0.4) is 0 Å². The molecule has 1 aromatic carbocycles. The summed E-state index contributed by atoms with van der Waals surface area (Å²) in [5, 5.41) is 17.4. The van der Waals surface area contributed by atoms with Gasteiger partial charge in [0.05, 0.1) is 16.0 Å². The Hall–Kier alpha value is -1.89. The lowest BCUT2D eigenvalue weighted by Gasteiger charge is -2.04. The first-order valence-corrected chi connectivity index (χ1v) is 5.97. The lowest BCUT2D eigenvalue weighted by molar-refractivity contribution is 0.584. The van der Waals surface area contributed by atoms with Crippen molar-refractivity contribution in [1.82, 2.24) is 4.72 Å². The molecule has 6 heteroatoms. The predicted octanol–water partition coefficient (Wildman–Crippen LogP) is 0.728. The fourth-order valence-corrected chi connectivity index (χ4v) is 2.22. The van der Waals surface area contributed by atoms with E-state index in [-0.39, 0.29) is 22.6 Å². The summed E-state index contributed by atoms with van der Waals surface area (Å²) in [5.74, 6) is 0. The topological polar surface area (TPSA) is 93.8 Å². The molecular weight excluding hydrogens is 226 g/mol. The van der Waals surface area contributed by atoms with Crippen LogP contribution in [0.4, 0.5) is 0 Å². The Morgan fingerprint density at radius 1 is 1.25 bits per heavy atom. The van der Waals surface area contributed by atoms with E-state index < -0.39 is 10.0 Å². The minimum absolute atomic E-state index is 0.00935. The zero-order valence-electron chi connectivity index (χ0n) is 8.56. The van der Waals surface area contributed by atoms with E-state index in [0.717, 1.165) is 0 Å². The molecule has 0 saturated heterocycles. The molecular formula is C10H9N3O2S. The van der Waals surface area contributed by atoms with Crippen LogP contribution < -0.4 is 4.72 Å². The van der Waals surface area contributed by atoms with Crippen molar-refractivity contribution >= 4 is 10.0 Å². The lowest BCUT2D eigenvalue weighted by atomic mass is 10.1. The van der Waals surface area contributed by atoms with Gasteiger partial charge in [-0.2, -0.15) is 10.5 Å². The van der Waals surface area contributed by atoms with Crippen LogP contribution in [0.25, 0.3) is 0 Å². The minimum Gasteiger partial charge on any atom is -0.211 e. The van der Waals surface area contributed by atoms with Crippen LogP contribution in [0.2, 0.25) is 0 Å². The third kappa shape index (κ3) is 2.37. The van der Waals surface area contributed by atoms with Crippen molar-refractivity contribution in [3.8, 4) is 12.1 Å². The number of nitriles is 2. The highest BCUT2D eigenvalue weighted by atomic mass is 32.2. The highest BCUT2D eigenvalue weighted by Gasteiger charge is 2.14. The molecule has 5 nitrogen and oxygen atoms in total. The SMILES string of the molecule is CCNS(=O)(=O)c1ccc(C#N)c(C#N)c1. The molecule has 0 atom stereocenters. The molecule has 82 valence electrons. The van der Waals surface area contributed by atoms with Gasteiger partial charge in [0, 0.05) is 6.54 Å². The Labute approximate surface area is 94.0 Å². The third-order valence-corrected chi connectivity index (χ3v) is 3.42. The summed E-state index contributed by atoms with van der Waals surface area (Å²) in [6, 6.07) is 7.42. The average molecular weight is 235 g/mol. The maximum atomic E-state index is 11.6. The Morgan fingerprint density at radius 2 is 1.88 bits per heavy atom. The monoisotopic (exact) mass is 235 g/mol. The summed E-state index contributed by atoms with van der Waals surface area (Å²) < 4.78 is 25.5. The molecule has 0 radical (unpaired) electrons. The second-order valence-corrected chi connectivity index (χ2v) is 4.70. The molecule has 1 rings (SSSR count). The van der Waals surface area contributed by atoms with E-state index in [9.17, 15) is 8.42 Å². The molecule has 0 aliphatic rings. The van der Waals surface area contributed by atoms with Gasteiger partial charge in [0.15, 0.2) is 0 Å². The Morgan fingerprint density at radius 3 is 2.38 bits per heavy atom. The van der Waals surface area contributed by atoms with Gasteiger partial charge in [0.2, 0.25) is 10.0 Å². The summed E-state index contributed by atoms with van der Waals surface area (Å²) in [6.45, 7) is 1.93. The number of hydrogen-bond donors (Lipinski definition) is 1. The molecule has 0 amide bonds. The molecule has 0 unspecified atom stereocenters. The van der Waals surface area contributed by atoms with E-state index in [1.807, 2.05) is 6.07 Å². The zero-order chi connectivity index (χ0) is 12.2. The van der Waals surface area contributed by atoms with Crippen LogP contribution in [-0.2, 0) is 10.0 Å². The van der Waals surface area contributed by atoms with Gasteiger partial charge >= 0.3 is 0 Å². The molecule has 0 aromatic heterocycles. The fourth-order valence-electron chi connectivity index (χ4n) is 1.15. The first-order chi connectivity index (χ1) is 7.55. The molecule has 0 heterocycles. The molecule has 0 aliphatic heterocycles. The van der Waals surface area contributed by atoms with Gasteiger partial charge < -0.3 is 0 Å². The maximum Gasteiger partial charge on any atom is 0.240 e. The zero-order valence-corrected chi connectivity index (χ0v) is 9.37. The van der Waals surface area contributed by atoms with Crippen molar-refractivity contribution in [2.45, 2.75) is 11.8 Å². The highest BCUT2D eigenvalue weighted by molar-refractivity contribution is 7.89. The smallest absolute Gasteiger partial charge is 0.211 e. The van der Waals surface area contributed by atoms with E-state index in [2.05, 4.69) is 4.72 Å². The van der Waals surface area contributed by atoms with Gasteiger partial charge in [-0.3, -0.25) is 0 Å². The van der Waals surface area contributed by atoms with Gasteiger partial charge in [0.1, 0.15) is 12.1 Å².